The van der Waals surface area contributed by atoms with Crippen molar-refractivity contribution in [1.82, 2.24) is 30.7 Å². The number of hydrogen-bond donors (Lipinski definition) is 2. The highest BCUT2D eigenvalue weighted by Gasteiger charge is 2.25. The quantitative estimate of drug-likeness (QED) is 0.154. The highest BCUT2D eigenvalue weighted by molar-refractivity contribution is 5.99. The molecule has 0 fully saturated rings. The van der Waals surface area contributed by atoms with E-state index in [0.29, 0.717) is 16.8 Å². The first kappa shape index (κ1) is 24.8. The van der Waals surface area contributed by atoms with Crippen LogP contribution in [0.2, 0.25) is 0 Å². The van der Waals surface area contributed by atoms with Crippen LogP contribution in [0, 0.1) is 6.92 Å². The van der Waals surface area contributed by atoms with Crippen LogP contribution in [-0.2, 0) is 4.79 Å². The Morgan fingerprint density at radius 1 is 1.11 bits per heavy atom. The van der Waals surface area contributed by atoms with Crippen molar-refractivity contribution in [2.75, 3.05) is 20.0 Å². The summed E-state index contributed by atoms with van der Waals surface area (Å²) in [6.07, 6.45) is 1.36. The third-order valence-electron chi connectivity index (χ3n) is 5.01. The fraction of sp³-hybridized carbons (Fsp3) is 0.174. The number of hydrogen-bond acceptors (Lipinski definition) is 12. The highest BCUT2D eigenvalue weighted by atomic mass is 16.6. The lowest BCUT2D eigenvalue weighted by molar-refractivity contribution is -0.132. The Labute approximate surface area is 210 Å². The lowest BCUT2D eigenvalue weighted by Gasteiger charge is -2.13. The van der Waals surface area contributed by atoms with Crippen molar-refractivity contribution in [1.29, 1.82) is 0 Å². The van der Waals surface area contributed by atoms with E-state index < -0.39 is 11.9 Å². The number of nitrogens with two attached hydrogens (primary N) is 1. The van der Waals surface area contributed by atoms with Gasteiger partial charge in [-0.1, -0.05) is 35.0 Å². The maximum absolute atomic E-state index is 13.0. The van der Waals surface area contributed by atoms with E-state index in [1.165, 1.54) is 32.0 Å². The second-order valence-electron chi connectivity index (χ2n) is 7.58. The minimum absolute atomic E-state index is 0.0247. The van der Waals surface area contributed by atoms with Gasteiger partial charge in [-0.15, -0.1) is 5.10 Å². The van der Waals surface area contributed by atoms with E-state index in [2.05, 4.69) is 35.8 Å². The lowest BCUT2D eigenvalue weighted by atomic mass is 10.1. The maximum Gasteiger partial charge on any atom is 0.308 e. The Hall–Kier alpha value is -5.27. The Morgan fingerprint density at radius 3 is 2.35 bits per heavy atom. The minimum atomic E-state index is -0.649. The van der Waals surface area contributed by atoms with E-state index in [9.17, 15) is 9.59 Å². The number of nitrogen functional groups attached to an aromatic ring is 1. The molecule has 0 saturated carbocycles. The summed E-state index contributed by atoms with van der Waals surface area (Å²) < 4.78 is 21.7. The maximum atomic E-state index is 13.0. The van der Waals surface area contributed by atoms with E-state index in [1.54, 1.807) is 24.3 Å². The summed E-state index contributed by atoms with van der Waals surface area (Å²) in [6.45, 7) is 3.20. The van der Waals surface area contributed by atoms with Gasteiger partial charge in [0.05, 0.1) is 20.4 Å². The summed E-state index contributed by atoms with van der Waals surface area (Å²) in [4.78, 5) is 24.5. The molecule has 0 aliphatic rings. The van der Waals surface area contributed by atoms with Crippen LogP contribution in [-0.4, -0.2) is 57.6 Å². The van der Waals surface area contributed by atoms with Crippen LogP contribution in [0.25, 0.3) is 17.1 Å². The number of aromatic nitrogens is 5. The van der Waals surface area contributed by atoms with E-state index in [-0.39, 0.29) is 34.6 Å². The third kappa shape index (κ3) is 5.22. The van der Waals surface area contributed by atoms with Crippen molar-refractivity contribution in [3.8, 4) is 34.3 Å². The minimum Gasteiger partial charge on any atom is -0.493 e. The number of rotatable bonds is 8. The molecule has 4 rings (SSSR count). The van der Waals surface area contributed by atoms with Gasteiger partial charge in [0, 0.05) is 18.1 Å². The third-order valence-corrected chi connectivity index (χ3v) is 5.01. The summed E-state index contributed by atoms with van der Waals surface area (Å²) in [7, 11) is 2.83. The van der Waals surface area contributed by atoms with Gasteiger partial charge < -0.3 is 19.9 Å². The monoisotopic (exact) mass is 506 g/mol. The molecule has 0 spiro atoms. The van der Waals surface area contributed by atoms with Crippen LogP contribution in [0.1, 0.15) is 28.5 Å². The van der Waals surface area contributed by atoms with Crippen molar-refractivity contribution in [3.63, 3.8) is 0 Å². The first-order chi connectivity index (χ1) is 17.8. The second kappa shape index (κ2) is 10.6. The van der Waals surface area contributed by atoms with Gasteiger partial charge in [0.2, 0.25) is 17.4 Å². The van der Waals surface area contributed by atoms with Gasteiger partial charge in [0.15, 0.2) is 17.2 Å². The second-order valence-corrected chi connectivity index (χ2v) is 7.58. The molecule has 2 aromatic heterocycles. The van der Waals surface area contributed by atoms with Crippen LogP contribution < -0.4 is 25.4 Å². The number of ether oxygens (including phenoxy) is 3. The molecule has 3 N–H and O–H groups in total. The molecule has 2 heterocycles. The molecule has 4 aromatic rings. The van der Waals surface area contributed by atoms with Gasteiger partial charge in [0.1, 0.15) is 5.69 Å². The number of esters is 1. The largest absolute Gasteiger partial charge is 0.493 e. The van der Waals surface area contributed by atoms with Crippen molar-refractivity contribution >= 4 is 23.9 Å². The number of hydrazone groups is 1. The molecule has 2 aromatic carbocycles. The molecule has 37 heavy (non-hydrogen) atoms. The zero-order valence-corrected chi connectivity index (χ0v) is 20.3. The Morgan fingerprint density at radius 2 is 1.78 bits per heavy atom. The van der Waals surface area contributed by atoms with E-state index in [4.69, 9.17) is 19.9 Å². The van der Waals surface area contributed by atoms with Crippen LogP contribution >= 0.6 is 0 Å². The Balaban J connectivity index is 1.64. The van der Waals surface area contributed by atoms with Crippen LogP contribution in [0.15, 0.2) is 46.1 Å². The molecule has 1 amide bonds. The van der Waals surface area contributed by atoms with E-state index in [1.807, 2.05) is 19.1 Å². The standard InChI is InChI=1S/C23H22N8O6/c1-12-5-7-15(8-6-12)19-18(26-30-31(19)22-21(24)28-37-29-22)23(33)27-25-11-14-9-16(34-3)20(36-13(2)32)17(10-14)35-4/h5-11H,1-4H3,(H2,24,28)(H,27,33). The van der Waals surface area contributed by atoms with Crippen LogP contribution in [0.4, 0.5) is 5.82 Å². The van der Waals surface area contributed by atoms with Crippen molar-refractivity contribution < 1.29 is 28.4 Å². The SMILES string of the molecule is COc1cc(C=NNC(=O)c2nnn(-c3nonc3N)c2-c2ccc(C)cc2)cc(OC)c1OC(C)=O. The highest BCUT2D eigenvalue weighted by Crippen LogP contribution is 2.38. The topological polar surface area (TPSA) is 182 Å². The first-order valence-corrected chi connectivity index (χ1v) is 10.7. The Bertz CT molecular complexity index is 1450. The molecule has 0 bridgehead atoms. The molecule has 0 aliphatic carbocycles. The van der Waals surface area contributed by atoms with E-state index >= 15 is 0 Å². The van der Waals surface area contributed by atoms with Gasteiger partial charge >= 0.3 is 5.97 Å². The van der Waals surface area contributed by atoms with Gasteiger partial charge in [-0.25, -0.2) is 10.1 Å². The van der Waals surface area contributed by atoms with E-state index in [0.717, 1.165) is 5.56 Å². The number of nitrogens with zero attached hydrogens (tertiary/aromatic N) is 6. The number of anilines is 1. The van der Waals surface area contributed by atoms with Gasteiger partial charge in [-0.05, 0) is 29.4 Å². The summed E-state index contributed by atoms with van der Waals surface area (Å²) in [5, 5.41) is 19.3. The average molecular weight is 506 g/mol. The fourth-order valence-electron chi connectivity index (χ4n) is 3.33. The molecular formula is C23H22N8O6. The van der Waals surface area contributed by atoms with Crippen molar-refractivity contribution in [2.24, 2.45) is 5.10 Å². The van der Waals surface area contributed by atoms with Crippen molar-refractivity contribution in [2.45, 2.75) is 13.8 Å². The molecule has 0 saturated heterocycles. The molecule has 0 radical (unpaired) electrons. The molecule has 14 nitrogen and oxygen atoms in total. The molecular weight excluding hydrogens is 484 g/mol. The molecule has 0 atom stereocenters. The van der Waals surface area contributed by atoms with Gasteiger partial charge in [-0.3, -0.25) is 9.59 Å². The predicted molar refractivity (Wildman–Crippen MR) is 130 cm³/mol. The van der Waals surface area contributed by atoms with Crippen LogP contribution in [0.3, 0.4) is 0 Å². The number of carbonyl (C=O) groups excluding carboxylic acids is 2. The molecule has 14 heteroatoms. The molecule has 0 unspecified atom stereocenters. The summed E-state index contributed by atoms with van der Waals surface area (Å²) in [5.74, 6) is -0.522. The number of carbonyl (C=O) groups is 2. The molecule has 0 aliphatic heterocycles. The first-order valence-electron chi connectivity index (χ1n) is 10.7. The average Bonchev–Trinajstić information content (AvgIpc) is 3.50. The fourth-order valence-corrected chi connectivity index (χ4v) is 3.33. The summed E-state index contributed by atoms with van der Waals surface area (Å²) in [5.41, 5.74) is 10.7. The lowest BCUT2D eigenvalue weighted by Crippen LogP contribution is -2.19. The zero-order valence-electron chi connectivity index (χ0n) is 20.3. The summed E-state index contributed by atoms with van der Waals surface area (Å²) >= 11 is 0. The Kier molecular flexibility index (Phi) is 7.09. The van der Waals surface area contributed by atoms with Crippen molar-refractivity contribution in [3.05, 3.63) is 53.2 Å². The normalized spacial score (nSPS) is 10.9. The molecule has 190 valence electrons. The van der Waals surface area contributed by atoms with Crippen LogP contribution in [0.5, 0.6) is 17.2 Å². The smallest absolute Gasteiger partial charge is 0.308 e. The number of benzene rings is 2. The number of amides is 1. The zero-order chi connectivity index (χ0) is 26.5. The number of aryl methyl sites for hydroxylation is 1. The predicted octanol–water partition coefficient (Wildman–Crippen LogP) is 1.91. The summed E-state index contributed by atoms with van der Waals surface area (Å²) in [6, 6.07) is 10.5. The number of methoxy groups -OCH3 is 2. The van der Waals surface area contributed by atoms with Gasteiger partial charge in [0.25, 0.3) is 5.91 Å². The van der Waals surface area contributed by atoms with Gasteiger partial charge in [-0.2, -0.15) is 9.78 Å². The number of nitrogens with one attached hydrogen (secondary N) is 1.